The monoisotopic (exact) mass is 450 g/mol. The van der Waals surface area contributed by atoms with E-state index in [9.17, 15) is 9.59 Å². The largest absolute Gasteiger partial charge is 0.497 e. The molecule has 10 heteroatoms. The molecule has 2 heterocycles. The molecule has 0 saturated heterocycles. The predicted octanol–water partition coefficient (Wildman–Crippen LogP) is 2.80. The lowest BCUT2D eigenvalue weighted by Gasteiger charge is -2.11. The van der Waals surface area contributed by atoms with E-state index >= 15 is 0 Å². The first-order valence-electron chi connectivity index (χ1n) is 9.94. The van der Waals surface area contributed by atoms with Crippen LogP contribution in [-0.4, -0.2) is 37.4 Å². The summed E-state index contributed by atoms with van der Waals surface area (Å²) in [4.78, 5) is 27.8. The second kappa shape index (κ2) is 8.75. The highest BCUT2D eigenvalue weighted by atomic mass is 32.1. The molecule has 0 radical (unpaired) electrons. The highest BCUT2D eigenvalue weighted by Gasteiger charge is 2.14. The molecule has 0 spiro atoms. The van der Waals surface area contributed by atoms with Crippen molar-refractivity contribution in [2.75, 3.05) is 12.4 Å². The van der Waals surface area contributed by atoms with Crippen LogP contribution in [0, 0.1) is 18.6 Å². The molecule has 0 saturated carbocycles. The van der Waals surface area contributed by atoms with Crippen molar-refractivity contribution in [3.05, 3.63) is 80.0 Å². The van der Waals surface area contributed by atoms with Gasteiger partial charge in [0.1, 0.15) is 18.0 Å². The second-order valence-corrected chi connectivity index (χ2v) is 7.78. The molecule has 4 rings (SSSR count). The Balaban J connectivity index is 1.59. The van der Waals surface area contributed by atoms with Crippen molar-refractivity contribution in [2.45, 2.75) is 26.8 Å². The third-order valence-corrected chi connectivity index (χ3v) is 5.48. The van der Waals surface area contributed by atoms with Crippen LogP contribution in [0.5, 0.6) is 5.75 Å². The Bertz CT molecular complexity index is 1400. The van der Waals surface area contributed by atoms with E-state index in [-0.39, 0.29) is 28.6 Å². The van der Waals surface area contributed by atoms with Crippen molar-refractivity contribution in [1.82, 2.24) is 24.4 Å². The predicted molar refractivity (Wildman–Crippen MR) is 123 cm³/mol. The Kier molecular flexibility index (Phi) is 5.87. The van der Waals surface area contributed by atoms with Gasteiger partial charge in [-0.05, 0) is 54.9 Å². The summed E-state index contributed by atoms with van der Waals surface area (Å²) in [5.41, 5.74) is 3.52. The van der Waals surface area contributed by atoms with Gasteiger partial charge in [-0.2, -0.15) is 9.61 Å². The molecule has 32 heavy (non-hydrogen) atoms. The Hall–Kier alpha value is -3.79. The first-order chi connectivity index (χ1) is 15.4. The number of aryl methyl sites for hydroxylation is 2. The van der Waals surface area contributed by atoms with E-state index in [1.165, 1.54) is 9.20 Å². The zero-order valence-electron chi connectivity index (χ0n) is 17.9. The molecule has 0 bridgehead atoms. The number of ether oxygens (including phenoxy) is 1. The molecule has 0 unspecified atom stereocenters. The fourth-order valence-electron chi connectivity index (χ4n) is 3.39. The van der Waals surface area contributed by atoms with E-state index in [0.29, 0.717) is 12.1 Å². The molecule has 0 aliphatic heterocycles. The van der Waals surface area contributed by atoms with Gasteiger partial charge in [0.2, 0.25) is 10.7 Å². The van der Waals surface area contributed by atoms with Gasteiger partial charge in [0.25, 0.3) is 11.3 Å². The van der Waals surface area contributed by atoms with Crippen molar-refractivity contribution in [3.8, 4) is 5.75 Å². The first kappa shape index (κ1) is 21.4. The van der Waals surface area contributed by atoms with Crippen molar-refractivity contribution in [1.29, 1.82) is 0 Å². The number of hydrogen-bond donors (Lipinski definition) is 2. The third kappa shape index (κ3) is 4.30. The number of benzene rings is 2. The fraction of sp³-hybridized carbons (Fsp3) is 0.227. The van der Waals surface area contributed by atoms with Gasteiger partial charge in [-0.1, -0.05) is 30.3 Å². The number of aromatic nitrogens is 5. The zero-order chi connectivity index (χ0) is 22.8. The number of hydrogen-bond acceptors (Lipinski definition) is 6. The van der Waals surface area contributed by atoms with E-state index in [1.54, 1.807) is 7.11 Å². The lowest BCUT2D eigenvalue weighted by Crippen LogP contribution is -2.20. The van der Waals surface area contributed by atoms with Gasteiger partial charge in [-0.15, -0.1) is 5.10 Å². The molecular formula is C22H22N6O3S. The molecule has 2 N–H and O–H groups in total. The Morgan fingerprint density at radius 2 is 1.81 bits per heavy atom. The number of rotatable bonds is 6. The SMILES string of the molecule is COc1ccc(Cc2nn3c(=S)n(CC(=O)Nc4c(C)cccc4C)nc3[nH]c2=O)cc1. The summed E-state index contributed by atoms with van der Waals surface area (Å²) < 4.78 is 8.07. The van der Waals surface area contributed by atoms with Gasteiger partial charge in [0.05, 0.1) is 7.11 Å². The van der Waals surface area contributed by atoms with Gasteiger partial charge in [-0.3, -0.25) is 14.6 Å². The maximum absolute atomic E-state index is 12.6. The van der Waals surface area contributed by atoms with Crippen molar-refractivity contribution < 1.29 is 9.53 Å². The zero-order valence-corrected chi connectivity index (χ0v) is 18.7. The van der Waals surface area contributed by atoms with Crippen molar-refractivity contribution in [2.24, 2.45) is 0 Å². The van der Waals surface area contributed by atoms with Gasteiger partial charge >= 0.3 is 0 Å². The lowest BCUT2D eigenvalue weighted by atomic mass is 10.1. The average molecular weight is 451 g/mol. The molecule has 164 valence electrons. The normalized spacial score (nSPS) is 11.0. The molecule has 9 nitrogen and oxygen atoms in total. The number of carbonyl (C=O) groups excluding carboxylic acids is 1. The quantitative estimate of drug-likeness (QED) is 0.438. The van der Waals surface area contributed by atoms with Crippen LogP contribution in [0.1, 0.15) is 22.4 Å². The molecule has 2 aromatic carbocycles. The number of nitrogens with zero attached hydrogens (tertiary/aromatic N) is 4. The van der Waals surface area contributed by atoms with Gasteiger partial charge in [0, 0.05) is 12.1 Å². The minimum Gasteiger partial charge on any atom is -0.497 e. The third-order valence-electron chi connectivity index (χ3n) is 5.10. The van der Waals surface area contributed by atoms with Crippen LogP contribution in [0.4, 0.5) is 5.69 Å². The molecule has 1 amide bonds. The standard InChI is InChI=1S/C22H22N6O3S/c1-13-5-4-6-14(2)19(13)23-18(29)12-27-22(32)28-21(26-27)24-20(30)17(25-28)11-15-7-9-16(31-3)10-8-15/h4-10H,11-12H2,1-3H3,(H,23,29)(H,24,26,30). The number of anilines is 1. The highest BCUT2D eigenvalue weighted by Crippen LogP contribution is 2.19. The van der Waals surface area contributed by atoms with Crippen LogP contribution in [0.15, 0.2) is 47.3 Å². The number of H-pyrrole nitrogens is 1. The van der Waals surface area contributed by atoms with E-state index in [1.807, 2.05) is 56.3 Å². The summed E-state index contributed by atoms with van der Waals surface area (Å²) in [5, 5.41) is 11.5. The minimum absolute atomic E-state index is 0.105. The van der Waals surface area contributed by atoms with Crippen molar-refractivity contribution >= 4 is 29.6 Å². The van der Waals surface area contributed by atoms with Crippen LogP contribution in [0.2, 0.25) is 0 Å². The van der Waals surface area contributed by atoms with Crippen molar-refractivity contribution in [3.63, 3.8) is 0 Å². The number of methoxy groups -OCH3 is 1. The van der Waals surface area contributed by atoms with Crippen LogP contribution >= 0.6 is 12.2 Å². The van der Waals surface area contributed by atoms with E-state index in [4.69, 9.17) is 17.0 Å². The molecular weight excluding hydrogens is 428 g/mol. The lowest BCUT2D eigenvalue weighted by molar-refractivity contribution is -0.116. The minimum atomic E-state index is -0.361. The first-order valence-corrected chi connectivity index (χ1v) is 10.3. The van der Waals surface area contributed by atoms with Gasteiger partial charge < -0.3 is 10.1 Å². The van der Waals surface area contributed by atoms with Crippen LogP contribution in [-0.2, 0) is 17.8 Å². The maximum Gasteiger partial charge on any atom is 0.274 e. The van der Waals surface area contributed by atoms with E-state index in [2.05, 4.69) is 20.5 Å². The summed E-state index contributed by atoms with van der Waals surface area (Å²) in [7, 11) is 1.59. The Morgan fingerprint density at radius 1 is 1.12 bits per heavy atom. The molecule has 0 aliphatic carbocycles. The molecule has 0 aliphatic rings. The number of amides is 1. The van der Waals surface area contributed by atoms with Crippen LogP contribution in [0.25, 0.3) is 5.78 Å². The summed E-state index contributed by atoms with van der Waals surface area (Å²) in [6, 6.07) is 13.2. The Labute approximate surface area is 188 Å². The maximum atomic E-state index is 12.6. The van der Waals surface area contributed by atoms with E-state index in [0.717, 1.165) is 28.1 Å². The van der Waals surface area contributed by atoms with Crippen LogP contribution in [0.3, 0.4) is 0 Å². The smallest absolute Gasteiger partial charge is 0.274 e. The topological polar surface area (TPSA) is 106 Å². The number of para-hydroxylation sites is 1. The summed E-state index contributed by atoms with van der Waals surface area (Å²) >= 11 is 5.44. The van der Waals surface area contributed by atoms with Gasteiger partial charge in [0.15, 0.2) is 0 Å². The number of carbonyl (C=O) groups is 1. The number of aromatic amines is 1. The molecule has 2 aromatic heterocycles. The molecule has 4 aromatic rings. The Morgan fingerprint density at radius 3 is 2.47 bits per heavy atom. The molecule has 0 fully saturated rings. The average Bonchev–Trinajstić information content (AvgIpc) is 3.06. The highest BCUT2D eigenvalue weighted by molar-refractivity contribution is 7.71. The number of nitrogens with one attached hydrogen (secondary N) is 2. The molecule has 0 atom stereocenters. The summed E-state index contributed by atoms with van der Waals surface area (Å²) in [5.74, 6) is 0.634. The van der Waals surface area contributed by atoms with E-state index < -0.39 is 0 Å². The fourth-order valence-corrected chi connectivity index (χ4v) is 3.62. The van der Waals surface area contributed by atoms with Crippen LogP contribution < -0.4 is 15.6 Å². The van der Waals surface area contributed by atoms with Gasteiger partial charge in [-0.25, -0.2) is 4.68 Å². The number of fused-ring (bicyclic) bond motifs is 1. The summed E-state index contributed by atoms with van der Waals surface area (Å²) in [6.07, 6.45) is 0.315. The summed E-state index contributed by atoms with van der Waals surface area (Å²) in [6.45, 7) is 3.75. The second-order valence-electron chi connectivity index (χ2n) is 7.42.